The van der Waals surface area contributed by atoms with Crippen LogP contribution in [0.4, 0.5) is 14.9 Å². The number of benzene rings is 1. The van der Waals surface area contributed by atoms with Crippen LogP contribution in [0.25, 0.3) is 10.9 Å². The number of carboxylic acids is 1. The Kier molecular flexibility index (Phi) is 9.39. The van der Waals surface area contributed by atoms with Gasteiger partial charge in [0.2, 0.25) is 11.3 Å². The molecule has 11 nitrogen and oxygen atoms in total. The maximum Gasteiger partial charge on any atom is 0.414 e. The number of ether oxygens (including phenoxy) is 1. The number of piperidine rings is 1. The number of imide groups is 1. The molecule has 12 heteroatoms. The average molecular weight is 734 g/mol. The van der Waals surface area contributed by atoms with E-state index in [0.29, 0.717) is 56.8 Å². The number of alkyl carbamates (subject to hydrolysis) is 1. The number of hydrogen-bond donors (Lipinski definition) is 3. The third-order valence-corrected chi connectivity index (χ3v) is 14.5. The maximum atomic E-state index is 15.6. The monoisotopic (exact) mass is 733 g/mol. The van der Waals surface area contributed by atoms with Crippen LogP contribution >= 0.6 is 0 Å². The first-order valence-electron chi connectivity index (χ1n) is 19.2. The molecule has 4 aliphatic carbocycles. The lowest BCUT2D eigenvalue weighted by atomic mass is 9.44. The Morgan fingerprint density at radius 2 is 1.77 bits per heavy atom. The van der Waals surface area contributed by atoms with Gasteiger partial charge in [0, 0.05) is 60.3 Å². The summed E-state index contributed by atoms with van der Waals surface area (Å²) in [5, 5.41) is 23.8. The molecule has 0 spiro atoms. The molecule has 8 atom stereocenters. The number of carboxylic acid groups (broad SMARTS) is 1. The van der Waals surface area contributed by atoms with E-state index in [1.807, 2.05) is 20.8 Å². The van der Waals surface area contributed by atoms with Gasteiger partial charge in [-0.15, -0.1) is 6.58 Å². The molecule has 286 valence electrons. The first-order chi connectivity index (χ1) is 25.0. The van der Waals surface area contributed by atoms with Crippen LogP contribution < -0.4 is 15.6 Å². The molecule has 1 aromatic heterocycles. The third-order valence-electron chi connectivity index (χ3n) is 14.5. The minimum absolute atomic E-state index is 0.0146. The lowest BCUT2D eigenvalue weighted by Crippen LogP contribution is -2.63. The van der Waals surface area contributed by atoms with Crippen LogP contribution in [0, 0.1) is 51.7 Å². The summed E-state index contributed by atoms with van der Waals surface area (Å²) in [4.78, 5) is 67.3. The Morgan fingerprint density at radius 1 is 1.08 bits per heavy atom. The van der Waals surface area contributed by atoms with E-state index in [9.17, 15) is 34.2 Å². The highest BCUT2D eigenvalue weighted by atomic mass is 19.1. The molecule has 5 fully saturated rings. The Balaban J connectivity index is 1.07. The number of anilines is 1. The summed E-state index contributed by atoms with van der Waals surface area (Å²) >= 11 is 0. The Bertz CT molecular complexity index is 1930. The number of ketones is 1. The minimum Gasteiger partial charge on any atom is -0.477 e. The number of hydrogen-bond acceptors (Lipinski definition) is 8. The second kappa shape index (κ2) is 13.4. The predicted molar refractivity (Wildman–Crippen MR) is 196 cm³/mol. The number of aromatic carboxylic acids is 1. The van der Waals surface area contributed by atoms with Gasteiger partial charge in [-0.1, -0.05) is 33.8 Å². The molecule has 1 saturated heterocycles. The summed E-state index contributed by atoms with van der Waals surface area (Å²) in [7, 11) is 0. The van der Waals surface area contributed by atoms with Crippen molar-refractivity contribution in [2.75, 3.05) is 18.0 Å². The normalized spacial score (nSPS) is 34.6. The molecule has 7 rings (SSSR count). The number of pyridine rings is 1. The average Bonchev–Trinajstić information content (AvgIpc) is 3.88. The van der Waals surface area contributed by atoms with Crippen LogP contribution in [0.15, 0.2) is 35.8 Å². The third kappa shape index (κ3) is 6.09. The molecule has 2 bridgehead atoms. The lowest BCUT2D eigenvalue weighted by molar-refractivity contribution is -0.191. The number of amides is 2. The van der Waals surface area contributed by atoms with Crippen molar-refractivity contribution in [2.45, 2.75) is 104 Å². The van der Waals surface area contributed by atoms with Crippen molar-refractivity contribution in [1.29, 1.82) is 0 Å². The molecule has 1 aromatic carbocycles. The summed E-state index contributed by atoms with van der Waals surface area (Å²) in [6, 6.07) is 2.71. The van der Waals surface area contributed by atoms with E-state index in [1.54, 1.807) is 21.6 Å². The fourth-order valence-electron chi connectivity index (χ4n) is 10.8. The fourth-order valence-corrected chi connectivity index (χ4v) is 10.8. The highest BCUT2D eigenvalue weighted by Crippen LogP contribution is 2.68. The largest absolute Gasteiger partial charge is 0.477 e. The highest BCUT2D eigenvalue weighted by molar-refractivity contribution is 5.94. The molecule has 3 N–H and O–H groups in total. The molecule has 1 aliphatic heterocycles. The molecule has 2 heterocycles. The number of halogens is 1. The van der Waals surface area contributed by atoms with E-state index in [4.69, 9.17) is 4.74 Å². The quantitative estimate of drug-likeness (QED) is 0.287. The molecule has 53 heavy (non-hydrogen) atoms. The molecular formula is C41H52FN3O8. The van der Waals surface area contributed by atoms with Gasteiger partial charge in [0.15, 0.2) is 0 Å². The summed E-state index contributed by atoms with van der Waals surface area (Å²) in [5.41, 5.74) is -2.31. The maximum absolute atomic E-state index is 15.6. The molecule has 0 radical (unpaired) electrons. The van der Waals surface area contributed by atoms with E-state index in [0.717, 1.165) is 31.7 Å². The van der Waals surface area contributed by atoms with Crippen LogP contribution in [-0.2, 0) is 20.9 Å². The minimum atomic E-state index is -1.35. The summed E-state index contributed by atoms with van der Waals surface area (Å²) in [6.45, 7) is 13.3. The van der Waals surface area contributed by atoms with Crippen LogP contribution in [0.5, 0.6) is 0 Å². The van der Waals surface area contributed by atoms with Gasteiger partial charge in [-0.3, -0.25) is 19.7 Å². The summed E-state index contributed by atoms with van der Waals surface area (Å²) in [6.07, 6.45) is 6.33. The lowest BCUT2D eigenvalue weighted by Gasteiger charge is -2.61. The Morgan fingerprint density at radius 3 is 2.42 bits per heavy atom. The zero-order chi connectivity index (χ0) is 38.2. The van der Waals surface area contributed by atoms with Crippen LogP contribution in [0.2, 0.25) is 0 Å². The summed E-state index contributed by atoms with van der Waals surface area (Å²) < 4.78 is 23.5. The first kappa shape index (κ1) is 37.3. The number of carbonyl (C=O) groups excluding carboxylic acids is 3. The zero-order valence-corrected chi connectivity index (χ0v) is 31.2. The van der Waals surface area contributed by atoms with Crippen molar-refractivity contribution >= 4 is 40.3 Å². The predicted octanol–water partition coefficient (Wildman–Crippen LogP) is 6.08. The highest BCUT2D eigenvalue weighted by Gasteiger charge is 2.68. The van der Waals surface area contributed by atoms with Gasteiger partial charge >= 0.3 is 12.1 Å². The van der Waals surface area contributed by atoms with Gasteiger partial charge in [-0.05, 0) is 86.7 Å². The molecular weight excluding hydrogens is 681 g/mol. The standard InChI is InChI=1S/C41H52FN3O8/c1-6-39(4)19-32(40(5)22(2)9-13-41(23(3)35(39)48)14-10-31(46)34(40)41)53-38(52)43-36(49)25-11-15-44(16-12-25)30-18-29-26(17-28(30)42)33(47)27(37(50)51)21-45(29)20-24-7-8-24/h6,17-18,21-25,32,34-35,48H,1,7-16,19-20H2,2-5H3,(H,50,51)(H,43,49,52)/t22-,23+,32-,34?,35+,39-,40+,41?/m1/s1. The van der Waals surface area contributed by atoms with E-state index in [1.165, 1.54) is 6.20 Å². The van der Waals surface area contributed by atoms with E-state index >= 15 is 4.39 Å². The van der Waals surface area contributed by atoms with Gasteiger partial charge in [0.1, 0.15) is 23.3 Å². The molecule has 4 saturated carbocycles. The number of fused-ring (bicyclic) bond motifs is 1. The van der Waals surface area contributed by atoms with Gasteiger partial charge in [0.05, 0.1) is 17.3 Å². The van der Waals surface area contributed by atoms with Crippen molar-refractivity contribution in [3.8, 4) is 0 Å². The van der Waals surface area contributed by atoms with Crippen LogP contribution in [-0.4, -0.2) is 63.8 Å². The van der Waals surface area contributed by atoms with Crippen molar-refractivity contribution in [3.05, 3.63) is 52.6 Å². The SMILES string of the molecule is C=C[C@]1(C)C[C@@H](OC(=O)NC(=O)C2CCN(c3cc4c(cc3F)c(=O)c(C(=O)O)cn4CC3CC3)CC2)[C@@]2(C)C3C(=O)CCC3(CC[C@H]2C)[C@@H](C)[C@@H]1O. The molecule has 2 unspecified atom stereocenters. The number of aromatic nitrogens is 1. The van der Waals surface area contributed by atoms with Crippen molar-refractivity contribution in [2.24, 2.45) is 45.8 Å². The number of aliphatic hydroxyl groups excluding tert-OH is 1. The van der Waals surface area contributed by atoms with Crippen LogP contribution in [0.1, 0.15) is 95.8 Å². The zero-order valence-electron chi connectivity index (χ0n) is 31.2. The summed E-state index contributed by atoms with van der Waals surface area (Å²) in [5.74, 6) is -3.00. The van der Waals surface area contributed by atoms with Gasteiger partial charge in [-0.25, -0.2) is 14.0 Å². The smallest absolute Gasteiger partial charge is 0.414 e. The number of nitrogens with one attached hydrogen (secondary N) is 1. The number of nitrogens with zero attached hydrogens (tertiary/aromatic N) is 2. The fraction of sp³-hybridized carbons (Fsp3) is 0.634. The van der Waals surface area contributed by atoms with Gasteiger partial charge in [-0.2, -0.15) is 0 Å². The van der Waals surface area contributed by atoms with Gasteiger partial charge in [0.25, 0.3) is 0 Å². The number of rotatable bonds is 7. The van der Waals surface area contributed by atoms with Crippen molar-refractivity contribution < 1.29 is 38.5 Å². The second-order valence-corrected chi connectivity index (χ2v) is 17.3. The van der Waals surface area contributed by atoms with Crippen molar-refractivity contribution in [1.82, 2.24) is 9.88 Å². The molecule has 2 aromatic rings. The second-order valence-electron chi connectivity index (χ2n) is 17.3. The van der Waals surface area contributed by atoms with Crippen LogP contribution in [0.3, 0.4) is 0 Å². The molecule has 2 amide bonds. The number of carbonyl (C=O) groups is 4. The first-order valence-corrected chi connectivity index (χ1v) is 19.2. The Hall–Kier alpha value is -4.06. The molecule has 5 aliphatic rings. The van der Waals surface area contributed by atoms with Crippen molar-refractivity contribution in [3.63, 3.8) is 0 Å². The number of aliphatic hydroxyl groups is 1. The van der Waals surface area contributed by atoms with E-state index in [2.05, 4.69) is 18.8 Å². The topological polar surface area (TPSA) is 155 Å². The number of Topliss-reactive ketones (excluding diaryl/α,β-unsaturated/α-hetero) is 1. The van der Waals surface area contributed by atoms with Gasteiger partial charge < -0.3 is 24.4 Å². The van der Waals surface area contributed by atoms with E-state index < -0.39 is 69.1 Å². The van der Waals surface area contributed by atoms with E-state index in [-0.39, 0.29) is 41.0 Å². The Labute approximate surface area is 308 Å².